The van der Waals surface area contributed by atoms with E-state index < -0.39 is 0 Å². The molecule has 3 heteroatoms. The Kier molecular flexibility index (Phi) is 6.00. The number of thiocarbonyl (C=S) groups is 1. The normalized spacial score (nSPS) is 11.7. The number of benzene rings is 1. The molecule has 1 aromatic carbocycles. The van der Waals surface area contributed by atoms with E-state index in [9.17, 15) is 0 Å². The van der Waals surface area contributed by atoms with Gasteiger partial charge in [0.15, 0.2) is 0 Å². The van der Waals surface area contributed by atoms with Crippen molar-refractivity contribution in [3.8, 4) is 5.75 Å². The van der Waals surface area contributed by atoms with E-state index in [1.807, 2.05) is 0 Å². The van der Waals surface area contributed by atoms with Gasteiger partial charge in [-0.3, -0.25) is 0 Å². The van der Waals surface area contributed by atoms with Crippen LogP contribution in [-0.4, -0.2) is 11.6 Å². The molecule has 2 N–H and O–H groups in total. The largest absolute Gasteiger partial charge is 0.494 e. The van der Waals surface area contributed by atoms with Crippen molar-refractivity contribution in [3.63, 3.8) is 0 Å². The number of ether oxygens (including phenoxy) is 1. The Morgan fingerprint density at radius 2 is 2.00 bits per heavy atom. The molecule has 0 bridgehead atoms. The summed E-state index contributed by atoms with van der Waals surface area (Å²) in [4.78, 5) is 0.578. The van der Waals surface area contributed by atoms with Gasteiger partial charge in [-0.05, 0) is 48.9 Å². The van der Waals surface area contributed by atoms with Gasteiger partial charge in [-0.1, -0.05) is 46.0 Å². The Morgan fingerprint density at radius 1 is 1.35 bits per heavy atom. The highest BCUT2D eigenvalue weighted by atomic mass is 32.1. The molecule has 1 aromatic rings. The highest BCUT2D eigenvalue weighted by Crippen LogP contribution is 2.25. The molecule has 0 saturated carbocycles. The van der Waals surface area contributed by atoms with Crippen LogP contribution in [0.2, 0.25) is 0 Å². The van der Waals surface area contributed by atoms with E-state index in [1.54, 1.807) is 0 Å². The predicted molar refractivity (Wildman–Crippen MR) is 90.6 cm³/mol. The minimum atomic E-state index is -0.0872. The van der Waals surface area contributed by atoms with Crippen molar-refractivity contribution in [2.75, 3.05) is 6.61 Å². The van der Waals surface area contributed by atoms with Gasteiger partial charge >= 0.3 is 0 Å². The smallest absolute Gasteiger partial charge is 0.119 e. The Morgan fingerprint density at radius 3 is 2.50 bits per heavy atom. The van der Waals surface area contributed by atoms with Crippen LogP contribution in [0.1, 0.15) is 57.6 Å². The lowest BCUT2D eigenvalue weighted by atomic mass is 9.88. The van der Waals surface area contributed by atoms with Crippen molar-refractivity contribution in [1.29, 1.82) is 0 Å². The van der Waals surface area contributed by atoms with Gasteiger partial charge in [0.25, 0.3) is 0 Å². The molecule has 0 amide bonds. The molecule has 20 heavy (non-hydrogen) atoms. The standard InChI is InChI=1S/C17H27NOS/c1-12(2)15-8-7-14(11-13(15)3)19-10-6-9-17(4,5)16(18)20/h7-8,11-12H,6,9-10H2,1-5H3,(H2,18,20). The summed E-state index contributed by atoms with van der Waals surface area (Å²) < 4.78 is 5.81. The van der Waals surface area contributed by atoms with Crippen LogP contribution in [-0.2, 0) is 0 Å². The molecule has 112 valence electrons. The Balaban J connectivity index is 2.47. The zero-order chi connectivity index (χ0) is 15.3. The summed E-state index contributed by atoms with van der Waals surface area (Å²) in [5.41, 5.74) is 8.31. The van der Waals surface area contributed by atoms with Gasteiger partial charge in [-0.2, -0.15) is 0 Å². The highest BCUT2D eigenvalue weighted by Gasteiger charge is 2.20. The molecule has 0 aliphatic rings. The van der Waals surface area contributed by atoms with Crippen LogP contribution in [0.5, 0.6) is 5.75 Å². The van der Waals surface area contributed by atoms with Crippen molar-refractivity contribution in [3.05, 3.63) is 29.3 Å². The minimum Gasteiger partial charge on any atom is -0.494 e. The SMILES string of the molecule is Cc1cc(OCCCC(C)(C)C(N)=S)ccc1C(C)C. The number of nitrogens with two attached hydrogens (primary N) is 1. The highest BCUT2D eigenvalue weighted by molar-refractivity contribution is 7.80. The second-order valence-electron chi connectivity index (χ2n) is 6.37. The third kappa shape index (κ3) is 4.78. The van der Waals surface area contributed by atoms with Crippen molar-refractivity contribution in [2.24, 2.45) is 11.1 Å². The predicted octanol–water partition coefficient (Wildman–Crippen LogP) is 4.59. The van der Waals surface area contributed by atoms with E-state index in [0.717, 1.165) is 18.6 Å². The van der Waals surface area contributed by atoms with E-state index in [0.29, 0.717) is 17.5 Å². The summed E-state index contributed by atoms with van der Waals surface area (Å²) in [5.74, 6) is 1.50. The minimum absolute atomic E-state index is 0.0872. The Bertz CT molecular complexity index is 466. The van der Waals surface area contributed by atoms with Gasteiger partial charge in [0.2, 0.25) is 0 Å². The van der Waals surface area contributed by atoms with E-state index in [1.165, 1.54) is 11.1 Å². The fourth-order valence-electron chi connectivity index (χ4n) is 2.21. The fraction of sp³-hybridized carbons (Fsp3) is 0.588. The average molecular weight is 293 g/mol. The number of rotatable bonds is 7. The molecule has 0 fully saturated rings. The second-order valence-corrected chi connectivity index (χ2v) is 6.81. The third-order valence-electron chi connectivity index (χ3n) is 3.75. The maximum absolute atomic E-state index is 5.81. The van der Waals surface area contributed by atoms with Crippen molar-refractivity contribution >= 4 is 17.2 Å². The van der Waals surface area contributed by atoms with Crippen molar-refractivity contribution < 1.29 is 4.74 Å². The Hall–Kier alpha value is -1.09. The molecule has 0 spiro atoms. The van der Waals surface area contributed by atoms with E-state index in [2.05, 4.69) is 52.8 Å². The summed E-state index contributed by atoms with van der Waals surface area (Å²) in [5, 5.41) is 0. The molecule has 0 aromatic heterocycles. The second kappa shape index (κ2) is 7.07. The first-order valence-corrected chi connectivity index (χ1v) is 7.68. The lowest BCUT2D eigenvalue weighted by molar-refractivity contribution is 0.287. The lowest BCUT2D eigenvalue weighted by Crippen LogP contribution is -2.30. The van der Waals surface area contributed by atoms with Gasteiger partial charge in [-0.15, -0.1) is 0 Å². The van der Waals surface area contributed by atoms with Crippen LogP contribution in [0.15, 0.2) is 18.2 Å². The lowest BCUT2D eigenvalue weighted by Gasteiger charge is -2.22. The molecule has 0 atom stereocenters. The van der Waals surface area contributed by atoms with Gasteiger partial charge < -0.3 is 10.5 Å². The van der Waals surface area contributed by atoms with Gasteiger partial charge in [0.1, 0.15) is 5.75 Å². The van der Waals surface area contributed by atoms with Gasteiger partial charge in [0.05, 0.1) is 11.6 Å². The molecule has 0 heterocycles. The maximum Gasteiger partial charge on any atom is 0.119 e. The van der Waals surface area contributed by atoms with Crippen LogP contribution < -0.4 is 10.5 Å². The molecule has 0 radical (unpaired) electrons. The monoisotopic (exact) mass is 293 g/mol. The first-order chi connectivity index (χ1) is 9.24. The van der Waals surface area contributed by atoms with Crippen LogP contribution in [0.25, 0.3) is 0 Å². The fourth-order valence-corrected chi connectivity index (χ4v) is 2.32. The summed E-state index contributed by atoms with van der Waals surface area (Å²) in [6.07, 6.45) is 1.90. The zero-order valence-corrected chi connectivity index (χ0v) is 14.1. The quantitative estimate of drug-likeness (QED) is 0.590. The van der Waals surface area contributed by atoms with Gasteiger partial charge in [-0.25, -0.2) is 0 Å². The molecule has 0 unspecified atom stereocenters. The summed E-state index contributed by atoms with van der Waals surface area (Å²) in [6.45, 7) is 11.4. The van der Waals surface area contributed by atoms with Crippen molar-refractivity contribution in [1.82, 2.24) is 0 Å². The summed E-state index contributed by atoms with van der Waals surface area (Å²) in [7, 11) is 0. The molecule has 0 aliphatic heterocycles. The van der Waals surface area contributed by atoms with E-state index in [4.69, 9.17) is 22.7 Å². The molecule has 0 saturated heterocycles. The number of aryl methyl sites for hydroxylation is 1. The van der Waals surface area contributed by atoms with Crippen LogP contribution >= 0.6 is 12.2 Å². The average Bonchev–Trinajstić information content (AvgIpc) is 2.34. The number of hydrogen-bond donors (Lipinski definition) is 1. The third-order valence-corrected chi connectivity index (χ3v) is 4.30. The first kappa shape index (κ1) is 17.0. The Labute approximate surface area is 128 Å². The van der Waals surface area contributed by atoms with Crippen LogP contribution in [0.4, 0.5) is 0 Å². The molecule has 2 nitrogen and oxygen atoms in total. The van der Waals surface area contributed by atoms with Crippen LogP contribution in [0.3, 0.4) is 0 Å². The molecule has 0 aliphatic carbocycles. The summed E-state index contributed by atoms with van der Waals surface area (Å²) >= 11 is 5.07. The van der Waals surface area contributed by atoms with Crippen LogP contribution in [0, 0.1) is 12.3 Å². The zero-order valence-electron chi connectivity index (χ0n) is 13.3. The van der Waals surface area contributed by atoms with E-state index in [-0.39, 0.29) is 5.41 Å². The topological polar surface area (TPSA) is 35.2 Å². The van der Waals surface area contributed by atoms with Gasteiger partial charge in [0, 0.05) is 5.41 Å². The number of hydrogen-bond acceptors (Lipinski definition) is 2. The van der Waals surface area contributed by atoms with Crippen molar-refractivity contribution in [2.45, 2.75) is 53.4 Å². The molecule has 1 rings (SSSR count). The van der Waals surface area contributed by atoms with E-state index >= 15 is 0 Å². The molecular weight excluding hydrogens is 266 g/mol. The molecular formula is C17H27NOS. The maximum atomic E-state index is 5.81. The summed E-state index contributed by atoms with van der Waals surface area (Å²) in [6, 6.07) is 6.34. The first-order valence-electron chi connectivity index (χ1n) is 7.27.